The highest BCUT2D eigenvalue weighted by Gasteiger charge is 2.25. The van der Waals surface area contributed by atoms with Gasteiger partial charge < -0.3 is 19.9 Å². The lowest BCUT2D eigenvalue weighted by Crippen LogP contribution is -2.38. The highest BCUT2D eigenvalue weighted by molar-refractivity contribution is 6.32. The lowest BCUT2D eigenvalue weighted by Gasteiger charge is -2.28. The van der Waals surface area contributed by atoms with Gasteiger partial charge in [-0.15, -0.1) is 0 Å². The number of rotatable bonds is 2. The molecule has 20 heavy (non-hydrogen) atoms. The summed E-state index contributed by atoms with van der Waals surface area (Å²) in [5.41, 5.74) is 0.790. The van der Waals surface area contributed by atoms with Gasteiger partial charge in [0.05, 0.1) is 24.3 Å². The van der Waals surface area contributed by atoms with Crippen molar-refractivity contribution in [1.82, 2.24) is 5.32 Å². The van der Waals surface area contributed by atoms with Gasteiger partial charge in [-0.1, -0.05) is 18.0 Å². The van der Waals surface area contributed by atoms with Crippen LogP contribution in [0.3, 0.4) is 0 Å². The molecule has 2 aliphatic heterocycles. The lowest BCUT2D eigenvalue weighted by molar-refractivity contribution is 0.113. The topological polar surface area (TPSA) is 50.7 Å². The molecule has 1 saturated heterocycles. The molecule has 0 radical (unpaired) electrons. The number of piperidine rings is 1. The molecule has 1 aromatic rings. The maximum Gasteiger partial charge on any atom is 0.179 e. The minimum Gasteiger partial charge on any atom is -0.489 e. The summed E-state index contributed by atoms with van der Waals surface area (Å²) in [6.07, 6.45) is 3.57. The first-order valence-corrected chi connectivity index (χ1v) is 7.64. The van der Waals surface area contributed by atoms with Gasteiger partial charge in [-0.05, 0) is 37.1 Å². The molecule has 0 aliphatic carbocycles. The number of hydrogen-bond acceptors (Lipinski definition) is 4. The van der Waals surface area contributed by atoms with Gasteiger partial charge in [0, 0.05) is 12.5 Å². The molecule has 0 saturated carbocycles. The molecule has 0 aromatic heterocycles. The second-order valence-electron chi connectivity index (χ2n) is 5.38. The summed E-state index contributed by atoms with van der Waals surface area (Å²) in [4.78, 5) is 0. The fourth-order valence-corrected chi connectivity index (χ4v) is 3.08. The smallest absolute Gasteiger partial charge is 0.179 e. The summed E-state index contributed by atoms with van der Waals surface area (Å²) < 4.78 is 11.3. The second-order valence-corrected chi connectivity index (χ2v) is 5.79. The number of aliphatic hydroxyl groups is 1. The van der Waals surface area contributed by atoms with E-state index in [2.05, 4.69) is 5.32 Å². The molecule has 0 amide bonds. The average molecular weight is 298 g/mol. The largest absolute Gasteiger partial charge is 0.489 e. The van der Waals surface area contributed by atoms with E-state index < -0.39 is 6.10 Å². The molecule has 3 rings (SSSR count). The van der Waals surface area contributed by atoms with E-state index >= 15 is 0 Å². The Balaban J connectivity index is 1.86. The zero-order valence-electron chi connectivity index (χ0n) is 11.4. The van der Waals surface area contributed by atoms with Crippen LogP contribution in [0.15, 0.2) is 12.1 Å². The molecule has 0 bridgehead atoms. The Morgan fingerprint density at radius 3 is 2.85 bits per heavy atom. The molecule has 2 aliphatic rings. The first kappa shape index (κ1) is 14.0. The molecule has 1 fully saturated rings. The first-order chi connectivity index (χ1) is 9.75. The van der Waals surface area contributed by atoms with Crippen LogP contribution in [0.1, 0.15) is 37.4 Å². The molecule has 2 unspecified atom stereocenters. The third kappa shape index (κ3) is 2.87. The van der Waals surface area contributed by atoms with Gasteiger partial charge in [-0.2, -0.15) is 0 Å². The predicted octanol–water partition coefficient (Wildman–Crippen LogP) is 2.68. The van der Waals surface area contributed by atoms with E-state index in [1.165, 1.54) is 6.42 Å². The molecule has 1 aromatic carbocycles. The van der Waals surface area contributed by atoms with Crippen LogP contribution < -0.4 is 14.8 Å². The zero-order chi connectivity index (χ0) is 13.9. The molecule has 0 spiro atoms. The van der Waals surface area contributed by atoms with E-state index in [1.807, 2.05) is 6.07 Å². The van der Waals surface area contributed by atoms with Crippen LogP contribution in [0.25, 0.3) is 0 Å². The Labute approximate surface area is 124 Å². The number of aliphatic hydroxyl groups excluding tert-OH is 1. The summed E-state index contributed by atoms with van der Waals surface area (Å²) in [5.74, 6) is 1.23. The third-order valence-corrected chi connectivity index (χ3v) is 4.18. The van der Waals surface area contributed by atoms with Crippen molar-refractivity contribution in [2.24, 2.45) is 0 Å². The third-order valence-electron chi connectivity index (χ3n) is 3.90. The maximum atomic E-state index is 10.5. The number of halogens is 1. The van der Waals surface area contributed by atoms with Gasteiger partial charge in [-0.3, -0.25) is 0 Å². The fourth-order valence-electron chi connectivity index (χ4n) is 2.80. The quantitative estimate of drug-likeness (QED) is 0.881. The monoisotopic (exact) mass is 297 g/mol. The molecule has 2 atom stereocenters. The van der Waals surface area contributed by atoms with Gasteiger partial charge in [0.15, 0.2) is 11.5 Å². The molecule has 2 heterocycles. The van der Waals surface area contributed by atoms with Gasteiger partial charge >= 0.3 is 0 Å². The number of benzene rings is 1. The van der Waals surface area contributed by atoms with Gasteiger partial charge in [0.1, 0.15) is 0 Å². The normalized spacial score (nSPS) is 24.0. The molecular formula is C15H20ClNO3. The predicted molar refractivity (Wildman–Crippen MR) is 77.7 cm³/mol. The Kier molecular flexibility index (Phi) is 4.34. The van der Waals surface area contributed by atoms with Crippen LogP contribution in [-0.4, -0.2) is 30.9 Å². The minimum absolute atomic E-state index is 0.0876. The van der Waals surface area contributed by atoms with Crippen molar-refractivity contribution in [2.75, 3.05) is 19.8 Å². The maximum absolute atomic E-state index is 10.5. The summed E-state index contributed by atoms with van der Waals surface area (Å²) in [7, 11) is 0. The summed E-state index contributed by atoms with van der Waals surface area (Å²) in [5, 5.41) is 14.4. The zero-order valence-corrected chi connectivity index (χ0v) is 12.2. The fraction of sp³-hybridized carbons (Fsp3) is 0.600. The van der Waals surface area contributed by atoms with Crippen molar-refractivity contribution in [2.45, 2.75) is 37.8 Å². The van der Waals surface area contributed by atoms with Crippen molar-refractivity contribution in [3.8, 4) is 11.5 Å². The Bertz CT molecular complexity index is 474. The second kappa shape index (κ2) is 6.20. The highest BCUT2D eigenvalue weighted by Crippen LogP contribution is 2.40. The standard InChI is InChI=1S/C15H20ClNO3/c16-11-8-10(14(18)12-4-1-2-5-17-12)9-13-15(11)20-7-3-6-19-13/h8-9,12,14,17-18H,1-7H2. The van der Waals surface area contributed by atoms with Crippen molar-refractivity contribution < 1.29 is 14.6 Å². The summed E-state index contributed by atoms with van der Waals surface area (Å²) >= 11 is 6.27. The first-order valence-electron chi connectivity index (χ1n) is 7.26. The molecule has 4 nitrogen and oxygen atoms in total. The Morgan fingerprint density at radius 2 is 2.05 bits per heavy atom. The van der Waals surface area contributed by atoms with Crippen molar-refractivity contribution >= 4 is 11.6 Å². The van der Waals surface area contributed by atoms with Crippen LogP contribution in [0, 0.1) is 0 Å². The van der Waals surface area contributed by atoms with E-state index in [0.29, 0.717) is 29.7 Å². The Hall–Kier alpha value is -0.970. The molecular weight excluding hydrogens is 278 g/mol. The highest BCUT2D eigenvalue weighted by atomic mass is 35.5. The minimum atomic E-state index is -0.565. The summed E-state index contributed by atoms with van der Waals surface area (Å²) in [6, 6.07) is 3.73. The van der Waals surface area contributed by atoms with Crippen LogP contribution >= 0.6 is 11.6 Å². The number of nitrogens with one attached hydrogen (secondary N) is 1. The number of hydrogen-bond donors (Lipinski definition) is 2. The van der Waals surface area contributed by atoms with Gasteiger partial charge in [0.25, 0.3) is 0 Å². The Morgan fingerprint density at radius 1 is 1.20 bits per heavy atom. The van der Waals surface area contributed by atoms with Crippen molar-refractivity contribution in [1.29, 1.82) is 0 Å². The number of fused-ring (bicyclic) bond motifs is 1. The SMILES string of the molecule is OC(c1cc(Cl)c2c(c1)OCCCO2)C1CCCCN1. The van der Waals surface area contributed by atoms with Gasteiger partial charge in [-0.25, -0.2) is 0 Å². The average Bonchev–Trinajstić information content (AvgIpc) is 2.73. The van der Waals surface area contributed by atoms with Crippen LogP contribution in [-0.2, 0) is 0 Å². The van der Waals surface area contributed by atoms with E-state index in [9.17, 15) is 5.11 Å². The van der Waals surface area contributed by atoms with E-state index in [-0.39, 0.29) is 6.04 Å². The van der Waals surface area contributed by atoms with E-state index in [1.54, 1.807) is 6.07 Å². The van der Waals surface area contributed by atoms with Crippen molar-refractivity contribution in [3.63, 3.8) is 0 Å². The van der Waals surface area contributed by atoms with Gasteiger partial charge in [0.2, 0.25) is 0 Å². The summed E-state index contributed by atoms with van der Waals surface area (Å²) in [6.45, 7) is 2.18. The number of ether oxygens (including phenoxy) is 2. The van der Waals surface area contributed by atoms with E-state index in [4.69, 9.17) is 21.1 Å². The molecule has 5 heteroatoms. The molecule has 2 N–H and O–H groups in total. The van der Waals surface area contributed by atoms with Crippen LogP contribution in [0.4, 0.5) is 0 Å². The van der Waals surface area contributed by atoms with Crippen LogP contribution in [0.2, 0.25) is 5.02 Å². The lowest BCUT2D eigenvalue weighted by atomic mass is 9.95. The van der Waals surface area contributed by atoms with E-state index in [0.717, 1.165) is 31.4 Å². The van der Waals surface area contributed by atoms with Crippen molar-refractivity contribution in [3.05, 3.63) is 22.7 Å². The molecule has 110 valence electrons. The van der Waals surface area contributed by atoms with Crippen LogP contribution in [0.5, 0.6) is 11.5 Å².